The van der Waals surface area contributed by atoms with Gasteiger partial charge in [-0.25, -0.2) is 28.6 Å². The first kappa shape index (κ1) is 22.5. The van der Waals surface area contributed by atoms with E-state index in [1.807, 2.05) is 0 Å². The van der Waals surface area contributed by atoms with Crippen LogP contribution < -0.4 is 10.6 Å². The molecule has 0 saturated carbocycles. The number of urea groups is 1. The fourth-order valence-corrected chi connectivity index (χ4v) is 3.56. The lowest BCUT2D eigenvalue weighted by Crippen LogP contribution is -2.39. The van der Waals surface area contributed by atoms with Gasteiger partial charge in [0.2, 0.25) is 5.95 Å². The second kappa shape index (κ2) is 9.45. The predicted octanol–water partition coefficient (Wildman–Crippen LogP) is 3.16. The Morgan fingerprint density at radius 3 is 2.64 bits per heavy atom. The summed E-state index contributed by atoms with van der Waals surface area (Å²) in [4.78, 5) is 25.3. The van der Waals surface area contributed by atoms with Gasteiger partial charge in [0, 0.05) is 31.8 Å². The first-order valence-electron chi connectivity index (χ1n) is 10.0. The lowest BCUT2D eigenvalue weighted by molar-refractivity contribution is 0.186. The number of hydrogen-bond donors (Lipinski definition) is 2. The lowest BCUT2D eigenvalue weighted by atomic mass is 10.0. The Kier molecular flexibility index (Phi) is 6.45. The zero-order valence-electron chi connectivity index (χ0n) is 17.8. The van der Waals surface area contributed by atoms with Gasteiger partial charge >= 0.3 is 6.03 Å². The minimum atomic E-state index is -0.708. The minimum absolute atomic E-state index is 0.220. The van der Waals surface area contributed by atoms with Crippen LogP contribution in [0.4, 0.5) is 19.5 Å². The van der Waals surface area contributed by atoms with E-state index in [2.05, 4.69) is 35.8 Å². The summed E-state index contributed by atoms with van der Waals surface area (Å²) >= 11 is 6.21. The molecule has 1 aliphatic rings. The lowest BCUT2D eigenvalue weighted by Gasteiger charge is -2.22. The van der Waals surface area contributed by atoms with Gasteiger partial charge in [-0.2, -0.15) is 14.8 Å². The molecule has 1 atom stereocenters. The number of rotatable bonds is 6. The van der Waals surface area contributed by atoms with Crippen molar-refractivity contribution in [3.63, 3.8) is 0 Å². The Hall–Kier alpha value is -3.67. The number of benzene rings is 1. The number of aryl methyl sites for hydroxylation is 2. The third-order valence-electron chi connectivity index (χ3n) is 4.79. The fraction of sp³-hybridized carbons (Fsp3) is 0.300. The fourth-order valence-electron chi connectivity index (χ4n) is 3.39. The van der Waals surface area contributed by atoms with Crippen LogP contribution in [-0.4, -0.2) is 55.1 Å². The number of nitrogens with zero attached hydrogens (tertiary/aromatic N) is 7. The molecule has 33 heavy (non-hydrogen) atoms. The van der Waals surface area contributed by atoms with Crippen molar-refractivity contribution in [1.29, 1.82) is 0 Å². The van der Waals surface area contributed by atoms with Crippen LogP contribution in [0.25, 0.3) is 5.82 Å². The predicted molar refractivity (Wildman–Crippen MR) is 117 cm³/mol. The van der Waals surface area contributed by atoms with Crippen LogP contribution in [0.15, 0.2) is 29.5 Å². The van der Waals surface area contributed by atoms with Crippen LogP contribution in [0.2, 0.25) is 5.02 Å². The normalized spacial score (nSPS) is 15.2. The molecule has 3 heterocycles. The first-order valence-corrected chi connectivity index (χ1v) is 10.4. The summed E-state index contributed by atoms with van der Waals surface area (Å²) in [6, 6.07) is 2.09. The van der Waals surface area contributed by atoms with Gasteiger partial charge < -0.3 is 10.6 Å². The average Bonchev–Trinajstić information content (AvgIpc) is 3.38. The van der Waals surface area contributed by atoms with Crippen molar-refractivity contribution < 1.29 is 13.6 Å². The number of aromatic nitrogens is 5. The van der Waals surface area contributed by atoms with Crippen molar-refractivity contribution in [2.75, 3.05) is 18.4 Å². The summed E-state index contributed by atoms with van der Waals surface area (Å²) in [5.41, 5.74) is 0.332. The number of carbonyl (C=O) groups is 1. The Labute approximate surface area is 192 Å². The van der Waals surface area contributed by atoms with Crippen molar-refractivity contribution in [2.24, 2.45) is 5.10 Å². The van der Waals surface area contributed by atoms with E-state index in [0.717, 1.165) is 6.07 Å². The van der Waals surface area contributed by atoms with Gasteiger partial charge in [-0.15, -0.1) is 5.10 Å². The highest BCUT2D eigenvalue weighted by Crippen LogP contribution is 2.29. The van der Waals surface area contributed by atoms with E-state index in [9.17, 15) is 13.6 Å². The van der Waals surface area contributed by atoms with Gasteiger partial charge in [0.05, 0.1) is 12.2 Å². The van der Waals surface area contributed by atoms with E-state index in [0.29, 0.717) is 47.0 Å². The van der Waals surface area contributed by atoms with Crippen molar-refractivity contribution in [1.82, 2.24) is 35.1 Å². The molecule has 0 bridgehead atoms. The molecule has 0 aliphatic carbocycles. The highest BCUT2D eigenvalue weighted by atomic mass is 35.5. The summed E-state index contributed by atoms with van der Waals surface area (Å²) in [7, 11) is 0. The van der Waals surface area contributed by atoms with Crippen molar-refractivity contribution in [3.05, 3.63) is 58.3 Å². The molecule has 0 fully saturated rings. The summed E-state index contributed by atoms with van der Waals surface area (Å²) in [5.74, 6) is 0.477. The minimum Gasteiger partial charge on any atom is -0.352 e. The number of amides is 2. The number of hydrazone groups is 1. The van der Waals surface area contributed by atoms with Gasteiger partial charge in [0.1, 0.15) is 28.3 Å². The van der Waals surface area contributed by atoms with Crippen molar-refractivity contribution in [3.8, 4) is 5.82 Å². The molecule has 13 heteroatoms. The molecule has 0 unspecified atom stereocenters. The van der Waals surface area contributed by atoms with Crippen LogP contribution in [0.3, 0.4) is 0 Å². The summed E-state index contributed by atoms with van der Waals surface area (Å²) in [6.45, 7) is 4.07. The van der Waals surface area contributed by atoms with Gasteiger partial charge in [-0.3, -0.25) is 0 Å². The number of carbonyl (C=O) groups excluding carboxylic acids is 1. The van der Waals surface area contributed by atoms with E-state index in [-0.39, 0.29) is 6.54 Å². The zero-order valence-corrected chi connectivity index (χ0v) is 18.5. The molecule has 2 aromatic heterocycles. The van der Waals surface area contributed by atoms with E-state index >= 15 is 0 Å². The van der Waals surface area contributed by atoms with Crippen molar-refractivity contribution in [2.45, 2.75) is 26.3 Å². The third kappa shape index (κ3) is 5.06. The maximum absolute atomic E-state index is 13.6. The number of anilines is 1. The Morgan fingerprint density at radius 2 is 1.94 bits per heavy atom. The van der Waals surface area contributed by atoms with Gasteiger partial charge in [0.25, 0.3) is 0 Å². The number of hydrogen-bond acceptors (Lipinski definition) is 7. The Bertz CT molecular complexity index is 1200. The molecule has 1 aromatic carbocycles. The second-order valence-electron chi connectivity index (χ2n) is 7.24. The van der Waals surface area contributed by atoms with Gasteiger partial charge in [-0.1, -0.05) is 11.6 Å². The van der Waals surface area contributed by atoms with E-state index < -0.39 is 23.7 Å². The van der Waals surface area contributed by atoms with E-state index in [4.69, 9.17) is 11.6 Å². The quantitative estimate of drug-likeness (QED) is 0.529. The molecule has 2 N–H and O–H groups in total. The van der Waals surface area contributed by atoms with Crippen LogP contribution in [-0.2, 0) is 0 Å². The molecule has 0 saturated heterocycles. The Balaban J connectivity index is 1.34. The largest absolute Gasteiger partial charge is 0.352 e. The average molecular weight is 476 g/mol. The number of halogens is 3. The van der Waals surface area contributed by atoms with Crippen molar-refractivity contribution >= 4 is 29.8 Å². The van der Waals surface area contributed by atoms with Crippen LogP contribution >= 0.6 is 11.6 Å². The van der Waals surface area contributed by atoms with E-state index in [1.165, 1.54) is 34.2 Å². The second-order valence-corrected chi connectivity index (χ2v) is 7.65. The molecule has 3 aromatic rings. The molecule has 172 valence electrons. The smallest absolute Gasteiger partial charge is 0.338 e. The zero-order chi connectivity index (χ0) is 23.5. The first-order chi connectivity index (χ1) is 15.8. The topological polar surface area (TPSA) is 113 Å². The summed E-state index contributed by atoms with van der Waals surface area (Å²) < 4.78 is 28.7. The maximum Gasteiger partial charge on any atom is 0.338 e. The van der Waals surface area contributed by atoms with Gasteiger partial charge in [0.15, 0.2) is 5.82 Å². The molecule has 1 aliphatic heterocycles. The highest BCUT2D eigenvalue weighted by Gasteiger charge is 2.28. The monoisotopic (exact) mass is 475 g/mol. The molecule has 2 amide bonds. The van der Waals surface area contributed by atoms with Crippen LogP contribution in [0.1, 0.15) is 29.7 Å². The molecule has 0 spiro atoms. The van der Waals surface area contributed by atoms with Crippen LogP contribution in [0.5, 0.6) is 0 Å². The summed E-state index contributed by atoms with van der Waals surface area (Å²) in [5, 5.41) is 15.5. The number of nitrogens with one attached hydrogen (secondary N) is 2. The third-order valence-corrected chi connectivity index (χ3v) is 5.06. The van der Waals surface area contributed by atoms with Gasteiger partial charge in [-0.05, 0) is 31.5 Å². The molecular formula is C20H20ClF2N9O. The standard InChI is InChI=1S/C20H20ClF2N9O/c1-11-28-12(2)31(30-11)18-16(21)10-26-19(29-18)24-5-6-25-20(33)32-17(3-4-27-32)13-7-14(22)9-15(23)8-13/h4,7-10,17H,3,5-6H2,1-2H3,(H,25,33)(H,24,26,29)/t17-/m0/s1. The highest BCUT2D eigenvalue weighted by molar-refractivity contribution is 6.32. The summed E-state index contributed by atoms with van der Waals surface area (Å²) in [6.07, 6.45) is 3.34. The Morgan fingerprint density at radius 1 is 1.18 bits per heavy atom. The van der Waals surface area contributed by atoms with E-state index in [1.54, 1.807) is 13.8 Å². The molecule has 10 nitrogen and oxygen atoms in total. The molecule has 4 rings (SSSR count). The molecular weight excluding hydrogens is 456 g/mol. The SMILES string of the molecule is Cc1nc(C)n(-c2nc(NCCNC(=O)N3N=CC[C@H]3c3cc(F)cc(F)c3)ncc2Cl)n1. The molecule has 0 radical (unpaired) electrons. The maximum atomic E-state index is 13.6. The van der Waals surface area contributed by atoms with Crippen LogP contribution in [0, 0.1) is 25.5 Å².